The number of nitrogens with one attached hydrogen (secondary N) is 4. The summed E-state index contributed by atoms with van der Waals surface area (Å²) in [5, 5.41) is 10.9. The number of anilines is 2. The molecule has 160 valence electrons. The fraction of sp³-hybridized carbons (Fsp3) is 0.174. The van der Waals surface area contributed by atoms with E-state index in [0.29, 0.717) is 28.3 Å². The third-order valence-electron chi connectivity index (χ3n) is 4.23. The van der Waals surface area contributed by atoms with Gasteiger partial charge in [0.05, 0.1) is 24.1 Å². The van der Waals surface area contributed by atoms with E-state index in [1.54, 1.807) is 60.7 Å². The van der Waals surface area contributed by atoms with Crippen molar-refractivity contribution >= 4 is 29.2 Å². The molecule has 0 bridgehead atoms. The molecular formula is C23H24N4O4. The van der Waals surface area contributed by atoms with Crippen LogP contribution in [-0.2, 0) is 6.54 Å². The highest BCUT2D eigenvalue weighted by Gasteiger charge is 2.15. The van der Waals surface area contributed by atoms with Gasteiger partial charge in [-0.3, -0.25) is 9.59 Å². The van der Waals surface area contributed by atoms with Crippen LogP contribution in [0.3, 0.4) is 0 Å². The Kier molecular flexibility index (Phi) is 7.05. The summed E-state index contributed by atoms with van der Waals surface area (Å²) in [5.74, 6) is -0.118. The second kappa shape index (κ2) is 10.1. The van der Waals surface area contributed by atoms with Crippen LogP contribution >= 0.6 is 0 Å². The molecule has 0 fully saturated rings. The van der Waals surface area contributed by atoms with Crippen LogP contribution in [0.5, 0.6) is 0 Å². The third-order valence-corrected chi connectivity index (χ3v) is 4.23. The Morgan fingerprint density at radius 2 is 1.71 bits per heavy atom. The lowest BCUT2D eigenvalue weighted by molar-refractivity contribution is 0.0949. The molecule has 0 atom stereocenters. The van der Waals surface area contributed by atoms with Crippen LogP contribution in [-0.4, -0.2) is 23.9 Å². The number of carbonyl (C=O) groups is 3. The highest BCUT2D eigenvalue weighted by atomic mass is 16.3. The van der Waals surface area contributed by atoms with Crippen LogP contribution < -0.4 is 21.3 Å². The van der Waals surface area contributed by atoms with E-state index in [9.17, 15) is 14.4 Å². The quantitative estimate of drug-likeness (QED) is 0.463. The summed E-state index contributed by atoms with van der Waals surface area (Å²) in [5.41, 5.74) is 1.52. The van der Waals surface area contributed by atoms with Crippen LogP contribution in [0, 0.1) is 0 Å². The predicted octanol–water partition coefficient (Wildman–Crippen LogP) is 3.99. The number of amides is 4. The van der Waals surface area contributed by atoms with Crippen LogP contribution in [0.1, 0.15) is 40.3 Å². The summed E-state index contributed by atoms with van der Waals surface area (Å²) in [6.45, 7) is 3.94. The number of para-hydroxylation sites is 1. The molecule has 1 aromatic heterocycles. The Morgan fingerprint density at radius 3 is 2.45 bits per heavy atom. The lowest BCUT2D eigenvalue weighted by Crippen LogP contribution is -2.34. The number of benzene rings is 2. The van der Waals surface area contributed by atoms with E-state index in [1.807, 2.05) is 13.8 Å². The molecule has 0 aliphatic carbocycles. The molecule has 8 heteroatoms. The molecule has 31 heavy (non-hydrogen) atoms. The van der Waals surface area contributed by atoms with Crippen LogP contribution in [0.15, 0.2) is 71.3 Å². The Labute approximate surface area is 180 Å². The van der Waals surface area contributed by atoms with Crippen molar-refractivity contribution in [1.29, 1.82) is 0 Å². The van der Waals surface area contributed by atoms with Gasteiger partial charge in [0.2, 0.25) is 0 Å². The van der Waals surface area contributed by atoms with E-state index >= 15 is 0 Å². The average molecular weight is 420 g/mol. The third kappa shape index (κ3) is 6.20. The second-order valence-corrected chi connectivity index (χ2v) is 7.10. The number of hydrogen-bond acceptors (Lipinski definition) is 4. The first-order chi connectivity index (χ1) is 14.9. The minimum absolute atomic E-state index is 0.0121. The molecule has 3 rings (SSSR count). The molecule has 0 aliphatic rings. The van der Waals surface area contributed by atoms with Crippen LogP contribution in [0.4, 0.5) is 16.2 Å². The van der Waals surface area contributed by atoms with Crippen molar-refractivity contribution in [3.63, 3.8) is 0 Å². The largest absolute Gasteiger partial charge is 0.467 e. The van der Waals surface area contributed by atoms with Crippen molar-refractivity contribution in [2.24, 2.45) is 0 Å². The van der Waals surface area contributed by atoms with Gasteiger partial charge in [-0.2, -0.15) is 0 Å². The lowest BCUT2D eigenvalue weighted by Gasteiger charge is -2.13. The van der Waals surface area contributed by atoms with Crippen molar-refractivity contribution in [2.45, 2.75) is 26.4 Å². The fourth-order valence-corrected chi connectivity index (χ4v) is 2.83. The molecule has 2 aromatic carbocycles. The van der Waals surface area contributed by atoms with Crippen molar-refractivity contribution in [3.05, 3.63) is 83.8 Å². The van der Waals surface area contributed by atoms with E-state index in [2.05, 4.69) is 21.3 Å². The minimum atomic E-state index is -0.404. The molecule has 0 radical (unpaired) electrons. The predicted molar refractivity (Wildman–Crippen MR) is 118 cm³/mol. The van der Waals surface area contributed by atoms with Gasteiger partial charge in [0.1, 0.15) is 5.76 Å². The maximum Gasteiger partial charge on any atom is 0.319 e. The summed E-state index contributed by atoms with van der Waals surface area (Å²) in [6.07, 6.45) is 1.53. The Hall–Kier alpha value is -4.07. The summed E-state index contributed by atoms with van der Waals surface area (Å²) in [7, 11) is 0. The van der Waals surface area contributed by atoms with Crippen LogP contribution in [0.2, 0.25) is 0 Å². The molecular weight excluding hydrogens is 396 g/mol. The van der Waals surface area contributed by atoms with Crippen molar-refractivity contribution in [2.75, 3.05) is 10.6 Å². The van der Waals surface area contributed by atoms with Gasteiger partial charge in [-0.15, -0.1) is 0 Å². The first-order valence-corrected chi connectivity index (χ1v) is 9.81. The molecule has 0 spiro atoms. The maximum absolute atomic E-state index is 12.8. The molecule has 0 saturated heterocycles. The first-order valence-electron chi connectivity index (χ1n) is 9.81. The second-order valence-electron chi connectivity index (χ2n) is 7.10. The molecule has 8 nitrogen and oxygen atoms in total. The number of carbonyl (C=O) groups excluding carboxylic acids is 3. The molecule has 3 aromatic rings. The number of urea groups is 1. The van der Waals surface area contributed by atoms with Gasteiger partial charge in [-0.1, -0.05) is 18.2 Å². The number of hydrogen-bond donors (Lipinski definition) is 4. The Bertz CT molecular complexity index is 1060. The average Bonchev–Trinajstić information content (AvgIpc) is 3.25. The zero-order valence-corrected chi connectivity index (χ0v) is 17.3. The molecule has 0 unspecified atom stereocenters. The minimum Gasteiger partial charge on any atom is -0.467 e. The Balaban J connectivity index is 1.68. The van der Waals surface area contributed by atoms with E-state index in [1.165, 1.54) is 6.26 Å². The van der Waals surface area contributed by atoms with Crippen LogP contribution in [0.25, 0.3) is 0 Å². The normalized spacial score (nSPS) is 10.4. The SMILES string of the molecule is CC(C)NC(=O)Nc1cccc(C(=O)Nc2ccccc2C(=O)NCc2ccco2)c1. The highest BCUT2D eigenvalue weighted by molar-refractivity contribution is 6.09. The maximum atomic E-state index is 12.8. The van der Waals surface area contributed by atoms with Gasteiger partial charge in [-0.05, 0) is 56.3 Å². The van der Waals surface area contributed by atoms with E-state index in [4.69, 9.17) is 4.42 Å². The standard InChI is InChI=1S/C23H24N4O4/c1-15(2)25-23(30)26-17-8-5-7-16(13-17)21(28)27-20-11-4-3-10-19(20)22(29)24-14-18-9-6-12-31-18/h3-13,15H,14H2,1-2H3,(H,24,29)(H,27,28)(H2,25,26,30). The van der Waals surface area contributed by atoms with Gasteiger partial charge in [0.15, 0.2) is 0 Å². The first kappa shape index (κ1) is 21.6. The van der Waals surface area contributed by atoms with Gasteiger partial charge in [0.25, 0.3) is 11.8 Å². The van der Waals surface area contributed by atoms with E-state index < -0.39 is 5.91 Å². The number of furan rings is 1. The van der Waals surface area contributed by atoms with Gasteiger partial charge >= 0.3 is 6.03 Å². The topological polar surface area (TPSA) is 112 Å². The smallest absolute Gasteiger partial charge is 0.319 e. The highest BCUT2D eigenvalue weighted by Crippen LogP contribution is 2.18. The molecule has 0 saturated carbocycles. The lowest BCUT2D eigenvalue weighted by atomic mass is 10.1. The summed E-state index contributed by atoms with van der Waals surface area (Å²) in [4.78, 5) is 37.2. The zero-order valence-electron chi connectivity index (χ0n) is 17.3. The summed E-state index contributed by atoms with van der Waals surface area (Å²) >= 11 is 0. The molecule has 1 heterocycles. The van der Waals surface area contributed by atoms with Gasteiger partial charge in [0, 0.05) is 17.3 Å². The monoisotopic (exact) mass is 420 g/mol. The zero-order chi connectivity index (χ0) is 22.2. The molecule has 4 N–H and O–H groups in total. The van der Waals surface area contributed by atoms with E-state index in [0.717, 1.165) is 0 Å². The molecule has 0 aliphatic heterocycles. The summed E-state index contributed by atoms with van der Waals surface area (Å²) in [6, 6.07) is 16.4. The molecule has 4 amide bonds. The van der Waals surface area contributed by atoms with Crippen molar-refractivity contribution in [3.8, 4) is 0 Å². The Morgan fingerprint density at radius 1 is 0.903 bits per heavy atom. The van der Waals surface area contributed by atoms with Crippen molar-refractivity contribution < 1.29 is 18.8 Å². The number of rotatable bonds is 7. The van der Waals surface area contributed by atoms with Gasteiger partial charge in [-0.25, -0.2) is 4.79 Å². The fourth-order valence-electron chi connectivity index (χ4n) is 2.83. The van der Waals surface area contributed by atoms with Gasteiger partial charge < -0.3 is 25.7 Å². The van der Waals surface area contributed by atoms with E-state index in [-0.39, 0.29) is 24.5 Å². The summed E-state index contributed by atoms with van der Waals surface area (Å²) < 4.78 is 5.21. The van der Waals surface area contributed by atoms with Crippen molar-refractivity contribution in [1.82, 2.24) is 10.6 Å².